The van der Waals surface area contributed by atoms with Crippen LogP contribution in [0.1, 0.15) is 26.3 Å². The number of amides is 1. The molecule has 0 fully saturated rings. The Balaban J connectivity index is 3.23. The Kier molecular flexibility index (Phi) is 4.95. The van der Waals surface area contributed by atoms with Gasteiger partial charge in [-0.2, -0.15) is 9.28 Å². The largest absolute Gasteiger partial charge is 0.518 e. The Morgan fingerprint density at radius 3 is 2.40 bits per heavy atom. The van der Waals surface area contributed by atoms with Gasteiger partial charge in [0, 0.05) is 18.0 Å². The summed E-state index contributed by atoms with van der Waals surface area (Å²) >= 11 is 0. The first-order valence-electron chi connectivity index (χ1n) is 6.98. The van der Waals surface area contributed by atoms with Crippen LogP contribution in [-0.4, -0.2) is 50.3 Å². The molecule has 4 nitrogen and oxygen atoms in total. The minimum absolute atomic E-state index is 0.0173. The normalized spacial score (nSPS) is 15.2. The van der Waals surface area contributed by atoms with E-state index in [1.807, 2.05) is 25.1 Å². The fourth-order valence-electron chi connectivity index (χ4n) is 2.54. The van der Waals surface area contributed by atoms with Gasteiger partial charge in [-0.25, -0.2) is 0 Å². The van der Waals surface area contributed by atoms with Crippen molar-refractivity contribution in [2.24, 2.45) is 0 Å². The van der Waals surface area contributed by atoms with E-state index in [1.165, 1.54) is 5.56 Å². The lowest BCUT2D eigenvalue weighted by molar-refractivity contribution is 0.158. The van der Waals surface area contributed by atoms with Gasteiger partial charge in [-0.1, -0.05) is 26.0 Å². The van der Waals surface area contributed by atoms with Crippen LogP contribution in [0.15, 0.2) is 24.3 Å². The average Bonchev–Trinajstić information content (AvgIpc) is 2.36. The summed E-state index contributed by atoms with van der Waals surface area (Å²) in [4.78, 5) is 13.7. The van der Waals surface area contributed by atoms with Crippen molar-refractivity contribution >= 4 is 11.8 Å². The summed E-state index contributed by atoms with van der Waals surface area (Å²) in [5.74, 6) is 0. The maximum atomic E-state index is 11.6. The molecule has 0 saturated carbocycles. The molecular formula is C16H27N2O2+. The number of benzene rings is 1. The van der Waals surface area contributed by atoms with E-state index < -0.39 is 6.09 Å². The highest BCUT2D eigenvalue weighted by Crippen LogP contribution is 2.29. The van der Waals surface area contributed by atoms with Crippen molar-refractivity contribution in [1.82, 2.24) is 9.38 Å². The van der Waals surface area contributed by atoms with E-state index >= 15 is 0 Å². The van der Waals surface area contributed by atoms with Gasteiger partial charge < -0.3 is 10.0 Å². The Morgan fingerprint density at radius 2 is 1.95 bits per heavy atom. The zero-order valence-corrected chi connectivity index (χ0v) is 13.5. The van der Waals surface area contributed by atoms with E-state index in [9.17, 15) is 9.90 Å². The zero-order valence-electron chi connectivity index (χ0n) is 13.5. The standard InChI is InChI=1S/C16H26N2O2/c1-7-18(6,15(19)20)14-10-8-9-13(11-14)16(2,3)12-17(4)5/h8-11H,7,12H2,1-6H3/p+1. The van der Waals surface area contributed by atoms with Gasteiger partial charge in [-0.15, -0.1) is 0 Å². The van der Waals surface area contributed by atoms with Gasteiger partial charge in [0.25, 0.3) is 0 Å². The summed E-state index contributed by atoms with van der Waals surface area (Å²) in [5, 5.41) is 9.49. The molecular weight excluding hydrogens is 252 g/mol. The van der Waals surface area contributed by atoms with Crippen molar-refractivity contribution < 1.29 is 9.90 Å². The molecule has 0 aliphatic carbocycles. The van der Waals surface area contributed by atoms with Gasteiger partial charge >= 0.3 is 6.09 Å². The number of rotatable bonds is 5. The molecule has 1 N–H and O–H groups in total. The third-order valence-corrected chi connectivity index (χ3v) is 3.96. The predicted octanol–water partition coefficient (Wildman–Crippen LogP) is 3.16. The molecule has 20 heavy (non-hydrogen) atoms. The van der Waals surface area contributed by atoms with Crippen LogP contribution in [0.5, 0.6) is 0 Å². The fourth-order valence-corrected chi connectivity index (χ4v) is 2.54. The smallest absolute Gasteiger partial charge is 0.435 e. The molecule has 112 valence electrons. The molecule has 0 heterocycles. The van der Waals surface area contributed by atoms with Crippen LogP contribution in [0.4, 0.5) is 10.5 Å². The second-order valence-corrected chi connectivity index (χ2v) is 6.46. The number of carbonyl (C=O) groups is 1. The number of hydrogen-bond donors (Lipinski definition) is 1. The number of hydrogen-bond acceptors (Lipinski definition) is 2. The molecule has 1 unspecified atom stereocenters. The summed E-state index contributed by atoms with van der Waals surface area (Å²) in [5.41, 5.74) is 1.98. The van der Waals surface area contributed by atoms with E-state index in [2.05, 4.69) is 38.9 Å². The highest BCUT2D eigenvalue weighted by atomic mass is 16.4. The topological polar surface area (TPSA) is 40.5 Å². The molecule has 0 aliphatic rings. The van der Waals surface area contributed by atoms with Gasteiger partial charge in [0.1, 0.15) is 5.69 Å². The van der Waals surface area contributed by atoms with Crippen molar-refractivity contribution in [2.45, 2.75) is 26.2 Å². The summed E-state index contributed by atoms with van der Waals surface area (Å²) in [6.45, 7) is 7.70. The lowest BCUT2D eigenvalue weighted by atomic mass is 9.84. The molecule has 0 bridgehead atoms. The van der Waals surface area contributed by atoms with E-state index in [0.717, 1.165) is 12.2 Å². The van der Waals surface area contributed by atoms with Crippen molar-refractivity contribution in [3.05, 3.63) is 29.8 Å². The maximum Gasteiger partial charge on any atom is 0.518 e. The van der Waals surface area contributed by atoms with Crippen molar-refractivity contribution in [1.29, 1.82) is 0 Å². The zero-order chi connectivity index (χ0) is 15.6. The van der Waals surface area contributed by atoms with E-state index in [4.69, 9.17) is 0 Å². The average molecular weight is 279 g/mol. The minimum atomic E-state index is -0.824. The first-order valence-corrected chi connectivity index (χ1v) is 6.98. The highest BCUT2D eigenvalue weighted by molar-refractivity contribution is 5.80. The Hall–Kier alpha value is -1.39. The Morgan fingerprint density at radius 1 is 1.35 bits per heavy atom. The number of quaternary nitrogens is 1. The molecule has 1 atom stereocenters. The van der Waals surface area contributed by atoms with Gasteiger partial charge in [-0.3, -0.25) is 0 Å². The first-order chi connectivity index (χ1) is 9.13. The molecule has 0 aromatic heterocycles. The van der Waals surface area contributed by atoms with Crippen LogP contribution >= 0.6 is 0 Å². The first kappa shape index (κ1) is 16.7. The molecule has 0 spiro atoms. The number of likely N-dealkylation sites (N-methyl/N-ethyl adjacent to an activating group) is 1. The maximum absolute atomic E-state index is 11.6. The molecule has 0 radical (unpaired) electrons. The van der Waals surface area contributed by atoms with Crippen molar-refractivity contribution in [3.63, 3.8) is 0 Å². The van der Waals surface area contributed by atoms with E-state index in [1.54, 1.807) is 7.05 Å². The van der Waals surface area contributed by atoms with E-state index in [0.29, 0.717) is 6.54 Å². The lowest BCUT2D eigenvalue weighted by Gasteiger charge is -2.31. The van der Waals surface area contributed by atoms with Gasteiger partial charge in [0.05, 0.1) is 13.6 Å². The Labute approximate surface area is 122 Å². The quantitative estimate of drug-likeness (QED) is 0.842. The molecule has 1 amide bonds. The molecule has 0 aliphatic heterocycles. The minimum Gasteiger partial charge on any atom is -0.435 e. The molecule has 1 rings (SSSR count). The van der Waals surface area contributed by atoms with Crippen LogP contribution in [0.3, 0.4) is 0 Å². The Bertz CT molecular complexity index is 483. The predicted molar refractivity (Wildman–Crippen MR) is 84.3 cm³/mol. The summed E-state index contributed by atoms with van der Waals surface area (Å²) in [7, 11) is 5.84. The van der Waals surface area contributed by atoms with Crippen LogP contribution in [0.25, 0.3) is 0 Å². The third-order valence-electron chi connectivity index (χ3n) is 3.96. The van der Waals surface area contributed by atoms with Crippen molar-refractivity contribution in [3.8, 4) is 0 Å². The number of nitrogens with zero attached hydrogens (tertiary/aromatic N) is 2. The summed E-state index contributed by atoms with van der Waals surface area (Å²) in [6.07, 6.45) is -0.824. The third kappa shape index (κ3) is 3.38. The lowest BCUT2D eigenvalue weighted by Crippen LogP contribution is -2.49. The second-order valence-electron chi connectivity index (χ2n) is 6.46. The number of carboxylic acid groups (broad SMARTS) is 1. The molecule has 1 aromatic carbocycles. The summed E-state index contributed by atoms with van der Waals surface area (Å²) in [6, 6.07) is 7.96. The van der Waals surface area contributed by atoms with Gasteiger partial charge in [-0.05, 0) is 32.6 Å². The van der Waals surface area contributed by atoms with Gasteiger partial charge in [0.2, 0.25) is 0 Å². The molecule has 0 saturated heterocycles. The van der Waals surface area contributed by atoms with Crippen LogP contribution in [-0.2, 0) is 5.41 Å². The SMILES string of the molecule is CC[N+](C)(C(=O)O)c1cccc(C(C)(C)CN(C)C)c1. The fraction of sp³-hybridized carbons (Fsp3) is 0.562. The second kappa shape index (κ2) is 5.94. The van der Waals surface area contributed by atoms with Crippen LogP contribution in [0, 0.1) is 0 Å². The van der Waals surface area contributed by atoms with Crippen molar-refractivity contribution in [2.75, 3.05) is 34.2 Å². The monoisotopic (exact) mass is 279 g/mol. The summed E-state index contributed by atoms with van der Waals surface area (Å²) < 4.78 is -0.0914. The van der Waals surface area contributed by atoms with Crippen LogP contribution in [0.2, 0.25) is 0 Å². The van der Waals surface area contributed by atoms with Gasteiger partial charge in [0.15, 0.2) is 0 Å². The molecule has 4 heteroatoms. The molecule has 1 aromatic rings. The van der Waals surface area contributed by atoms with Crippen LogP contribution < -0.4 is 4.48 Å². The van der Waals surface area contributed by atoms with E-state index in [-0.39, 0.29) is 9.90 Å². The highest BCUT2D eigenvalue weighted by Gasteiger charge is 2.34.